The lowest BCUT2D eigenvalue weighted by atomic mass is 9.94. The van der Waals surface area contributed by atoms with E-state index in [1.807, 2.05) is 55.5 Å². The Balaban J connectivity index is 1.28. The van der Waals surface area contributed by atoms with Crippen LogP contribution in [0.4, 0.5) is 10.5 Å². The van der Waals surface area contributed by atoms with E-state index in [1.54, 1.807) is 12.3 Å². The highest BCUT2D eigenvalue weighted by atomic mass is 16.6. The number of amides is 1. The molecule has 1 atom stereocenters. The van der Waals surface area contributed by atoms with Crippen LogP contribution in [0.2, 0.25) is 0 Å². The molecule has 4 rings (SSSR count). The first-order valence-electron chi connectivity index (χ1n) is 9.25. The van der Waals surface area contributed by atoms with Crippen molar-refractivity contribution in [2.24, 2.45) is 0 Å². The van der Waals surface area contributed by atoms with Gasteiger partial charge in [0.05, 0.1) is 18.4 Å². The number of rotatable bonds is 5. The lowest BCUT2D eigenvalue weighted by molar-refractivity contribution is -0.135. The number of ether oxygens (including phenoxy) is 2. The van der Waals surface area contributed by atoms with Crippen LogP contribution in [0.5, 0.6) is 5.75 Å². The van der Waals surface area contributed by atoms with Gasteiger partial charge >= 0.3 is 12.1 Å². The molecular weight excluding hydrogens is 372 g/mol. The number of benzene rings is 2. The zero-order chi connectivity index (χ0) is 20.2. The van der Waals surface area contributed by atoms with E-state index in [0.29, 0.717) is 17.9 Å². The third-order valence-electron chi connectivity index (χ3n) is 4.68. The Labute approximate surface area is 167 Å². The fraction of sp³-hybridized carbons (Fsp3) is 0.182. The van der Waals surface area contributed by atoms with Crippen LogP contribution < -0.4 is 15.6 Å². The number of esters is 1. The quantitative estimate of drug-likeness (QED) is 0.374. The van der Waals surface area contributed by atoms with Gasteiger partial charge in [-0.05, 0) is 35.2 Å². The lowest BCUT2D eigenvalue weighted by Crippen LogP contribution is -2.30. The third-order valence-corrected chi connectivity index (χ3v) is 4.68. The van der Waals surface area contributed by atoms with Gasteiger partial charge in [0.1, 0.15) is 18.1 Å². The molecule has 0 saturated carbocycles. The molecule has 1 aliphatic heterocycles. The molecule has 0 spiro atoms. The minimum Gasteiger partial charge on any atom is -0.464 e. The highest BCUT2D eigenvalue weighted by molar-refractivity contribution is 5.77. The Morgan fingerprint density at radius 3 is 2.76 bits per heavy atom. The van der Waals surface area contributed by atoms with E-state index in [4.69, 9.17) is 13.9 Å². The number of fused-ring (bicyclic) bond motifs is 1. The first-order chi connectivity index (χ1) is 14.1. The average Bonchev–Trinajstić information content (AvgIpc) is 3.25. The lowest BCUT2D eigenvalue weighted by Gasteiger charge is -2.22. The summed E-state index contributed by atoms with van der Waals surface area (Å²) in [7, 11) is 0. The maximum atomic E-state index is 11.9. The van der Waals surface area contributed by atoms with Gasteiger partial charge in [-0.25, -0.2) is 10.2 Å². The van der Waals surface area contributed by atoms with Crippen molar-refractivity contribution in [1.82, 2.24) is 5.43 Å². The molecule has 1 unspecified atom stereocenters. The maximum absolute atomic E-state index is 11.9. The summed E-state index contributed by atoms with van der Waals surface area (Å²) in [4.78, 5) is 23.5. The largest absolute Gasteiger partial charge is 0.464 e. The van der Waals surface area contributed by atoms with E-state index in [-0.39, 0.29) is 18.5 Å². The molecular formula is C22H20N2O5. The van der Waals surface area contributed by atoms with E-state index in [0.717, 1.165) is 22.5 Å². The van der Waals surface area contributed by atoms with Gasteiger partial charge in [0.15, 0.2) is 0 Å². The fourth-order valence-corrected chi connectivity index (χ4v) is 3.15. The molecule has 7 heteroatoms. The molecule has 0 aliphatic carbocycles. The topological polar surface area (TPSA) is 89.8 Å². The maximum Gasteiger partial charge on any atom is 0.426 e. The third kappa shape index (κ3) is 4.40. The number of carbonyl (C=O) groups excluding carboxylic acids is 2. The predicted octanol–water partition coefficient (Wildman–Crippen LogP) is 4.61. The van der Waals surface area contributed by atoms with Crippen LogP contribution in [0.1, 0.15) is 30.4 Å². The van der Waals surface area contributed by atoms with Crippen LogP contribution in [0.25, 0.3) is 11.3 Å². The van der Waals surface area contributed by atoms with E-state index >= 15 is 0 Å². The van der Waals surface area contributed by atoms with Crippen LogP contribution in [-0.2, 0) is 16.1 Å². The number of carbonyl (C=O) groups is 2. The van der Waals surface area contributed by atoms with Crippen molar-refractivity contribution in [3.8, 4) is 17.1 Å². The number of hydrazine groups is 1. The Hall–Kier alpha value is -3.74. The average molecular weight is 392 g/mol. The standard InChI is InChI=1S/C22H20N2O5/c1-14-11-21(25)29-20-12-17(8-9-18(14)20)23-24-22(26)28-13-15-4-6-16(7-5-15)19-3-2-10-27-19/h2-10,12,14,23H,11,13H2,1H3,(H,24,26). The van der Waals surface area contributed by atoms with E-state index in [1.165, 1.54) is 0 Å². The molecule has 2 heterocycles. The van der Waals surface area contributed by atoms with Gasteiger partial charge in [-0.1, -0.05) is 37.3 Å². The second kappa shape index (κ2) is 8.10. The molecule has 2 aromatic carbocycles. The number of furan rings is 1. The molecule has 1 aliphatic rings. The van der Waals surface area contributed by atoms with Crippen molar-refractivity contribution in [1.29, 1.82) is 0 Å². The molecule has 1 amide bonds. The molecule has 0 fully saturated rings. The Morgan fingerprint density at radius 1 is 1.17 bits per heavy atom. The van der Waals surface area contributed by atoms with Gasteiger partial charge in [-0.3, -0.25) is 10.2 Å². The van der Waals surface area contributed by atoms with Gasteiger partial charge in [0.25, 0.3) is 0 Å². The molecule has 148 valence electrons. The molecule has 0 bridgehead atoms. The minimum absolute atomic E-state index is 0.109. The summed E-state index contributed by atoms with van der Waals surface area (Å²) in [5, 5.41) is 0. The van der Waals surface area contributed by atoms with Crippen molar-refractivity contribution < 1.29 is 23.5 Å². The fourth-order valence-electron chi connectivity index (χ4n) is 3.15. The number of hydrogen-bond donors (Lipinski definition) is 2. The first-order valence-corrected chi connectivity index (χ1v) is 9.25. The summed E-state index contributed by atoms with van der Waals surface area (Å²) in [5.74, 6) is 1.14. The molecule has 29 heavy (non-hydrogen) atoms. The second-order valence-corrected chi connectivity index (χ2v) is 6.83. The molecule has 7 nitrogen and oxygen atoms in total. The molecule has 0 saturated heterocycles. The number of nitrogens with one attached hydrogen (secondary N) is 2. The van der Waals surface area contributed by atoms with E-state index in [9.17, 15) is 9.59 Å². The highest BCUT2D eigenvalue weighted by Crippen LogP contribution is 2.35. The van der Waals surface area contributed by atoms with Crippen molar-refractivity contribution in [2.75, 3.05) is 5.43 Å². The van der Waals surface area contributed by atoms with Crippen molar-refractivity contribution in [3.63, 3.8) is 0 Å². The van der Waals surface area contributed by atoms with Crippen LogP contribution in [0.15, 0.2) is 65.3 Å². The van der Waals surface area contributed by atoms with Gasteiger partial charge in [0.2, 0.25) is 0 Å². The van der Waals surface area contributed by atoms with Crippen molar-refractivity contribution >= 4 is 17.7 Å². The molecule has 3 aromatic rings. The predicted molar refractivity (Wildman–Crippen MR) is 106 cm³/mol. The highest BCUT2D eigenvalue weighted by Gasteiger charge is 2.23. The Morgan fingerprint density at radius 2 is 2.00 bits per heavy atom. The van der Waals surface area contributed by atoms with Gasteiger partial charge in [0, 0.05) is 11.6 Å². The monoisotopic (exact) mass is 392 g/mol. The van der Waals surface area contributed by atoms with Crippen LogP contribution in [0.3, 0.4) is 0 Å². The molecule has 2 N–H and O–H groups in total. The van der Waals surface area contributed by atoms with Gasteiger partial charge < -0.3 is 13.9 Å². The smallest absolute Gasteiger partial charge is 0.426 e. The minimum atomic E-state index is -0.622. The van der Waals surface area contributed by atoms with Crippen molar-refractivity contribution in [2.45, 2.75) is 25.9 Å². The number of anilines is 1. The summed E-state index contributed by atoms with van der Waals surface area (Å²) in [6, 6.07) is 16.6. The normalized spacial score (nSPS) is 15.2. The summed E-state index contributed by atoms with van der Waals surface area (Å²) in [6.45, 7) is 2.11. The summed E-state index contributed by atoms with van der Waals surface area (Å²) < 4.78 is 15.8. The van der Waals surface area contributed by atoms with Gasteiger partial charge in [-0.2, -0.15) is 0 Å². The first kappa shape index (κ1) is 18.6. The summed E-state index contributed by atoms with van der Waals surface area (Å²) in [6.07, 6.45) is 1.37. The van der Waals surface area contributed by atoms with E-state index < -0.39 is 6.09 Å². The SMILES string of the molecule is CC1CC(=O)Oc2cc(NNC(=O)OCc3ccc(-c4ccco4)cc3)ccc21. The zero-order valence-corrected chi connectivity index (χ0v) is 15.8. The van der Waals surface area contributed by atoms with Gasteiger partial charge in [-0.15, -0.1) is 0 Å². The van der Waals surface area contributed by atoms with Crippen molar-refractivity contribution in [3.05, 3.63) is 72.0 Å². The van der Waals surface area contributed by atoms with Crippen LogP contribution >= 0.6 is 0 Å². The summed E-state index contributed by atoms with van der Waals surface area (Å²) >= 11 is 0. The summed E-state index contributed by atoms with van der Waals surface area (Å²) in [5.41, 5.74) is 8.59. The Bertz CT molecular complexity index is 1010. The number of hydrogen-bond acceptors (Lipinski definition) is 6. The molecule has 0 radical (unpaired) electrons. The molecule has 1 aromatic heterocycles. The van der Waals surface area contributed by atoms with Crippen LogP contribution in [-0.4, -0.2) is 12.1 Å². The Kier molecular flexibility index (Phi) is 5.20. The van der Waals surface area contributed by atoms with Crippen LogP contribution in [0, 0.1) is 0 Å². The zero-order valence-electron chi connectivity index (χ0n) is 15.8. The van der Waals surface area contributed by atoms with E-state index in [2.05, 4.69) is 10.9 Å². The second-order valence-electron chi connectivity index (χ2n) is 6.83.